The van der Waals surface area contributed by atoms with E-state index in [-0.39, 0.29) is 17.0 Å². The van der Waals surface area contributed by atoms with E-state index in [1.54, 1.807) is 6.07 Å². The summed E-state index contributed by atoms with van der Waals surface area (Å²) in [6.45, 7) is 0. The van der Waals surface area contributed by atoms with Crippen molar-refractivity contribution in [3.63, 3.8) is 0 Å². The molecule has 0 amide bonds. The Labute approximate surface area is 136 Å². The van der Waals surface area contributed by atoms with Crippen LogP contribution in [-0.2, 0) is 0 Å². The second kappa shape index (κ2) is 7.04. The SMILES string of the molecule is N#Cc1cc(I)c(OC2CCCCCC2O)c([N+](=O)[O-])c1. The van der Waals surface area contributed by atoms with Crippen molar-refractivity contribution in [2.24, 2.45) is 0 Å². The molecule has 0 spiro atoms. The van der Waals surface area contributed by atoms with Crippen LogP contribution in [0.4, 0.5) is 5.69 Å². The largest absolute Gasteiger partial charge is 0.480 e. The van der Waals surface area contributed by atoms with Gasteiger partial charge in [-0.25, -0.2) is 0 Å². The maximum Gasteiger partial charge on any atom is 0.313 e. The van der Waals surface area contributed by atoms with Gasteiger partial charge < -0.3 is 9.84 Å². The second-order valence-corrected chi connectivity index (χ2v) is 6.20. The van der Waals surface area contributed by atoms with Gasteiger partial charge in [-0.1, -0.05) is 12.8 Å². The zero-order valence-corrected chi connectivity index (χ0v) is 13.4. The summed E-state index contributed by atoms with van der Waals surface area (Å²) in [6.07, 6.45) is 3.17. The first-order valence-corrected chi connectivity index (χ1v) is 7.83. The number of hydrogen-bond acceptors (Lipinski definition) is 5. The molecule has 112 valence electrons. The van der Waals surface area contributed by atoms with Gasteiger partial charge in [0.15, 0.2) is 0 Å². The highest BCUT2D eigenvalue weighted by Crippen LogP contribution is 2.36. The number of aliphatic hydroxyl groups is 1. The van der Waals surface area contributed by atoms with Crippen LogP contribution in [-0.4, -0.2) is 22.2 Å². The summed E-state index contributed by atoms with van der Waals surface area (Å²) in [5, 5.41) is 30.2. The lowest BCUT2D eigenvalue weighted by Gasteiger charge is -2.22. The van der Waals surface area contributed by atoms with Crippen LogP contribution in [0.25, 0.3) is 0 Å². The third kappa shape index (κ3) is 3.83. The van der Waals surface area contributed by atoms with Crippen LogP contribution in [0.15, 0.2) is 12.1 Å². The molecular formula is C14H15IN2O4. The van der Waals surface area contributed by atoms with Gasteiger partial charge in [-0.2, -0.15) is 5.26 Å². The molecule has 0 bridgehead atoms. The number of nitro groups is 1. The fraction of sp³-hybridized carbons (Fsp3) is 0.500. The Balaban J connectivity index is 2.34. The van der Waals surface area contributed by atoms with Crippen molar-refractivity contribution < 1.29 is 14.8 Å². The number of benzene rings is 1. The minimum atomic E-state index is -0.612. The highest BCUT2D eigenvalue weighted by Gasteiger charge is 2.28. The molecule has 0 aromatic heterocycles. The van der Waals surface area contributed by atoms with E-state index in [0.29, 0.717) is 16.4 Å². The van der Waals surface area contributed by atoms with E-state index in [9.17, 15) is 15.2 Å². The van der Waals surface area contributed by atoms with Crippen LogP contribution in [0.1, 0.15) is 37.7 Å². The van der Waals surface area contributed by atoms with Crippen LogP contribution in [0.2, 0.25) is 0 Å². The van der Waals surface area contributed by atoms with Gasteiger partial charge in [-0.3, -0.25) is 10.1 Å². The summed E-state index contributed by atoms with van der Waals surface area (Å²) < 4.78 is 6.27. The predicted octanol–water partition coefficient (Wildman–Crippen LogP) is 3.14. The topological polar surface area (TPSA) is 96.4 Å². The molecular weight excluding hydrogens is 387 g/mol. The molecule has 1 aliphatic rings. The molecule has 6 nitrogen and oxygen atoms in total. The van der Waals surface area contributed by atoms with Crippen molar-refractivity contribution >= 4 is 28.3 Å². The Kier molecular flexibility index (Phi) is 5.36. The van der Waals surface area contributed by atoms with E-state index in [4.69, 9.17) is 10.00 Å². The van der Waals surface area contributed by atoms with Gasteiger partial charge in [0.2, 0.25) is 5.75 Å². The molecule has 1 saturated carbocycles. The average Bonchev–Trinajstić information content (AvgIpc) is 2.65. The highest BCUT2D eigenvalue weighted by atomic mass is 127. The van der Waals surface area contributed by atoms with Crippen molar-refractivity contribution in [1.82, 2.24) is 0 Å². The van der Waals surface area contributed by atoms with Crippen LogP contribution in [0.5, 0.6) is 5.75 Å². The van der Waals surface area contributed by atoms with Gasteiger partial charge in [-0.05, 0) is 47.9 Å². The lowest BCUT2D eigenvalue weighted by Crippen LogP contribution is -2.31. The quantitative estimate of drug-likeness (QED) is 0.363. The molecule has 7 heteroatoms. The molecule has 1 N–H and O–H groups in total. The Morgan fingerprint density at radius 1 is 1.38 bits per heavy atom. The van der Waals surface area contributed by atoms with Gasteiger partial charge in [0.25, 0.3) is 0 Å². The molecule has 1 aromatic carbocycles. The van der Waals surface area contributed by atoms with E-state index >= 15 is 0 Å². The summed E-state index contributed by atoms with van der Waals surface area (Å²) in [5.41, 5.74) is -0.00485. The molecule has 0 radical (unpaired) electrons. The number of rotatable bonds is 3. The summed E-state index contributed by atoms with van der Waals surface area (Å²) in [6, 6.07) is 4.66. The van der Waals surface area contributed by atoms with E-state index in [1.165, 1.54) is 6.07 Å². The smallest absolute Gasteiger partial charge is 0.313 e. The van der Waals surface area contributed by atoms with Gasteiger partial charge in [-0.15, -0.1) is 0 Å². The van der Waals surface area contributed by atoms with E-state index in [1.807, 2.05) is 28.7 Å². The van der Waals surface area contributed by atoms with Crippen LogP contribution < -0.4 is 4.74 Å². The Morgan fingerprint density at radius 3 is 2.76 bits per heavy atom. The Bertz CT molecular complexity index is 585. The molecule has 0 saturated heterocycles. The monoisotopic (exact) mass is 402 g/mol. The lowest BCUT2D eigenvalue weighted by atomic mass is 10.1. The fourth-order valence-corrected chi connectivity index (χ4v) is 3.18. The highest BCUT2D eigenvalue weighted by molar-refractivity contribution is 14.1. The molecule has 2 rings (SSSR count). The molecule has 0 heterocycles. The minimum absolute atomic E-state index is 0.144. The van der Waals surface area contributed by atoms with Crippen LogP contribution in [0.3, 0.4) is 0 Å². The van der Waals surface area contributed by atoms with Crippen molar-refractivity contribution in [2.45, 2.75) is 44.3 Å². The van der Waals surface area contributed by atoms with Crippen molar-refractivity contribution in [3.8, 4) is 11.8 Å². The van der Waals surface area contributed by atoms with Gasteiger partial charge in [0.1, 0.15) is 6.10 Å². The van der Waals surface area contributed by atoms with Crippen LogP contribution in [0, 0.1) is 25.0 Å². The Hall–Kier alpha value is -1.40. The van der Waals surface area contributed by atoms with Crippen molar-refractivity contribution in [2.75, 3.05) is 0 Å². The van der Waals surface area contributed by atoms with Gasteiger partial charge in [0.05, 0.1) is 26.2 Å². The number of hydrogen-bond donors (Lipinski definition) is 1. The lowest BCUT2D eigenvalue weighted by molar-refractivity contribution is -0.386. The third-order valence-electron chi connectivity index (χ3n) is 3.54. The van der Waals surface area contributed by atoms with Crippen molar-refractivity contribution in [1.29, 1.82) is 5.26 Å². The zero-order valence-electron chi connectivity index (χ0n) is 11.3. The normalized spacial score (nSPS) is 22.1. The number of nitriles is 1. The standard InChI is InChI=1S/C14H15IN2O4/c15-10-6-9(8-16)7-11(17(19)20)14(10)21-13-5-3-1-2-4-12(13)18/h6-7,12-13,18H,1-5H2. The van der Waals surface area contributed by atoms with E-state index < -0.39 is 17.1 Å². The predicted molar refractivity (Wildman–Crippen MR) is 84.0 cm³/mol. The number of nitrogens with zero attached hydrogens (tertiary/aromatic N) is 2. The first kappa shape index (κ1) is 16.0. The maximum absolute atomic E-state index is 11.2. The summed E-state index contributed by atoms with van der Waals surface area (Å²) in [5.74, 6) is 0.144. The zero-order chi connectivity index (χ0) is 15.4. The Morgan fingerprint density at radius 2 is 2.10 bits per heavy atom. The summed E-state index contributed by atoms with van der Waals surface area (Å²) >= 11 is 1.92. The van der Waals surface area contributed by atoms with Gasteiger partial charge >= 0.3 is 5.69 Å². The molecule has 21 heavy (non-hydrogen) atoms. The number of nitro benzene ring substituents is 1. The summed E-state index contributed by atoms with van der Waals surface area (Å²) in [7, 11) is 0. The molecule has 2 unspecified atom stereocenters. The molecule has 1 fully saturated rings. The number of ether oxygens (including phenoxy) is 1. The summed E-state index contributed by atoms with van der Waals surface area (Å²) in [4.78, 5) is 10.6. The second-order valence-electron chi connectivity index (χ2n) is 5.04. The molecule has 2 atom stereocenters. The third-order valence-corrected chi connectivity index (χ3v) is 4.34. The van der Waals surface area contributed by atoms with E-state index in [2.05, 4.69) is 0 Å². The van der Waals surface area contributed by atoms with E-state index in [0.717, 1.165) is 19.3 Å². The molecule has 1 aromatic rings. The van der Waals surface area contributed by atoms with Crippen LogP contribution >= 0.6 is 22.6 Å². The first-order chi connectivity index (χ1) is 10.0. The fourth-order valence-electron chi connectivity index (χ4n) is 2.44. The van der Waals surface area contributed by atoms with Gasteiger partial charge in [0, 0.05) is 6.07 Å². The number of halogens is 1. The minimum Gasteiger partial charge on any atom is -0.480 e. The van der Waals surface area contributed by atoms with Crippen molar-refractivity contribution in [3.05, 3.63) is 31.4 Å². The average molecular weight is 402 g/mol. The molecule has 0 aliphatic heterocycles. The maximum atomic E-state index is 11.2. The first-order valence-electron chi connectivity index (χ1n) is 6.75. The molecule has 1 aliphatic carbocycles. The number of aliphatic hydroxyl groups excluding tert-OH is 1.